The Morgan fingerprint density at radius 1 is 1.06 bits per heavy atom. The van der Waals surface area contributed by atoms with Crippen molar-refractivity contribution in [1.29, 1.82) is 0 Å². The van der Waals surface area contributed by atoms with Crippen LogP contribution in [0.25, 0.3) is 22.1 Å². The Hall–Kier alpha value is -4.03. The van der Waals surface area contributed by atoms with Gasteiger partial charge < -0.3 is 18.8 Å². The lowest BCUT2D eigenvalue weighted by molar-refractivity contribution is -0.0500. The molecule has 0 bridgehead atoms. The molecule has 1 N–H and O–H groups in total. The fourth-order valence-corrected chi connectivity index (χ4v) is 6.55. The molecule has 0 amide bonds. The molecule has 8 nitrogen and oxygen atoms in total. The highest BCUT2D eigenvalue weighted by Crippen LogP contribution is 2.40. The minimum atomic E-state index is -6.00. The summed E-state index contributed by atoms with van der Waals surface area (Å²) >= 11 is 6.61. The van der Waals surface area contributed by atoms with Gasteiger partial charge in [-0.05, 0) is 80.5 Å². The molecule has 284 valence electrons. The first-order valence-electron chi connectivity index (χ1n) is 17.3. The Bertz CT molecular complexity index is 2050. The van der Waals surface area contributed by atoms with E-state index in [1.807, 2.05) is 39.8 Å². The van der Waals surface area contributed by atoms with Crippen LogP contribution in [-0.2, 0) is 10.1 Å². The van der Waals surface area contributed by atoms with Gasteiger partial charge in [-0.15, -0.1) is 0 Å². The molecule has 1 aliphatic rings. The molecular formula is C39H48ClF3N2O6S. The summed E-state index contributed by atoms with van der Waals surface area (Å²) < 4.78 is 72.7. The molecule has 1 aromatic heterocycles. The number of nitrogens with one attached hydrogen (secondary N) is 1. The van der Waals surface area contributed by atoms with Gasteiger partial charge >= 0.3 is 15.6 Å². The number of piperidine rings is 1. The number of aryl methyl sites for hydroxylation is 1. The van der Waals surface area contributed by atoms with Crippen LogP contribution in [0.15, 0.2) is 57.7 Å². The number of halogens is 4. The number of alkyl halides is 3. The van der Waals surface area contributed by atoms with Crippen LogP contribution in [0.5, 0.6) is 5.75 Å². The fraction of sp³-hybridized carbons (Fsp3) is 0.436. The second-order valence-electron chi connectivity index (χ2n) is 13.3. The summed E-state index contributed by atoms with van der Waals surface area (Å²) in [6, 6.07) is 11.8. The van der Waals surface area contributed by atoms with E-state index < -0.39 is 33.0 Å². The van der Waals surface area contributed by atoms with Crippen LogP contribution in [0, 0.1) is 19.3 Å². The molecule has 5 rings (SSSR count). The maximum atomic E-state index is 13.7. The summed E-state index contributed by atoms with van der Waals surface area (Å²) in [4.78, 5) is 27.6. The summed E-state index contributed by atoms with van der Waals surface area (Å²) in [7, 11) is -6.00. The number of benzene rings is 3. The molecule has 0 spiro atoms. The van der Waals surface area contributed by atoms with E-state index in [1.54, 1.807) is 25.1 Å². The highest BCUT2D eigenvalue weighted by molar-refractivity contribution is 7.88. The van der Waals surface area contributed by atoms with E-state index in [4.69, 9.17) is 16.0 Å². The SMILES string of the molecule is CC.CCC.Cc1cc(C(C)Nc2cccc(Cl)c2-c2ccc(OS(=O)(=O)C(F)(F)F)c(C=O)c2)c2oc(N3CCC(C)(C)CC3)c(C)c(=O)c2c1. The van der Waals surface area contributed by atoms with Crippen molar-refractivity contribution in [1.82, 2.24) is 0 Å². The topological polar surface area (TPSA) is 106 Å². The van der Waals surface area contributed by atoms with Gasteiger partial charge in [-0.3, -0.25) is 9.59 Å². The molecule has 3 aromatic carbocycles. The molecule has 0 aliphatic carbocycles. The summed E-state index contributed by atoms with van der Waals surface area (Å²) in [5, 5.41) is 4.12. The van der Waals surface area contributed by atoms with Crippen molar-refractivity contribution >= 4 is 50.5 Å². The molecule has 0 saturated carbocycles. The van der Waals surface area contributed by atoms with Crippen LogP contribution >= 0.6 is 11.6 Å². The smallest absolute Gasteiger partial charge is 0.440 e. The average Bonchev–Trinajstić information content (AvgIpc) is 3.07. The van der Waals surface area contributed by atoms with Crippen molar-refractivity contribution in [2.24, 2.45) is 5.41 Å². The summed E-state index contributed by atoms with van der Waals surface area (Å²) in [6.07, 6.45) is 3.37. The Morgan fingerprint density at radius 3 is 2.25 bits per heavy atom. The summed E-state index contributed by atoms with van der Waals surface area (Å²) in [5.74, 6) is -0.226. The number of carbonyl (C=O) groups is 1. The quantitative estimate of drug-likeness (QED) is 0.107. The molecule has 4 aromatic rings. The van der Waals surface area contributed by atoms with Gasteiger partial charge in [0.2, 0.25) is 5.88 Å². The summed E-state index contributed by atoms with van der Waals surface area (Å²) in [5.41, 5.74) is -2.21. The predicted molar refractivity (Wildman–Crippen MR) is 204 cm³/mol. The number of nitrogens with zero attached hydrogens (tertiary/aromatic N) is 1. The molecule has 13 heteroatoms. The van der Waals surface area contributed by atoms with Gasteiger partial charge in [-0.25, -0.2) is 0 Å². The zero-order valence-corrected chi connectivity index (χ0v) is 32.7. The van der Waals surface area contributed by atoms with Crippen LogP contribution in [-0.4, -0.2) is 33.3 Å². The van der Waals surface area contributed by atoms with E-state index in [-0.39, 0.29) is 22.2 Å². The first-order chi connectivity index (χ1) is 24.3. The van der Waals surface area contributed by atoms with Crippen LogP contribution < -0.4 is 19.8 Å². The molecule has 0 radical (unpaired) electrons. The molecule has 52 heavy (non-hydrogen) atoms. The highest BCUT2D eigenvalue weighted by atomic mass is 35.5. The maximum absolute atomic E-state index is 13.7. The van der Waals surface area contributed by atoms with E-state index in [9.17, 15) is 31.2 Å². The molecule has 1 fully saturated rings. The number of aldehydes is 1. The molecule has 1 saturated heterocycles. The van der Waals surface area contributed by atoms with E-state index in [1.165, 1.54) is 18.6 Å². The van der Waals surface area contributed by atoms with Crippen LogP contribution in [0.3, 0.4) is 0 Å². The van der Waals surface area contributed by atoms with Crippen LogP contribution in [0.2, 0.25) is 5.02 Å². The highest BCUT2D eigenvalue weighted by Gasteiger charge is 2.48. The second kappa shape index (κ2) is 17.2. The Balaban J connectivity index is 0.00000139. The van der Waals surface area contributed by atoms with E-state index in [0.29, 0.717) is 39.2 Å². The van der Waals surface area contributed by atoms with Gasteiger partial charge in [0, 0.05) is 29.9 Å². The van der Waals surface area contributed by atoms with Crippen molar-refractivity contribution in [2.45, 2.75) is 93.1 Å². The third-order valence-corrected chi connectivity index (χ3v) is 9.81. The van der Waals surface area contributed by atoms with Crippen molar-refractivity contribution in [3.8, 4) is 16.9 Å². The lowest BCUT2D eigenvalue weighted by Crippen LogP contribution is -2.38. The predicted octanol–water partition coefficient (Wildman–Crippen LogP) is 11.0. The molecule has 1 atom stereocenters. The van der Waals surface area contributed by atoms with Gasteiger partial charge in [-0.1, -0.05) is 77.8 Å². The van der Waals surface area contributed by atoms with Gasteiger partial charge in [0.05, 0.1) is 27.6 Å². The lowest BCUT2D eigenvalue weighted by Gasteiger charge is -2.37. The molecule has 2 heterocycles. The lowest BCUT2D eigenvalue weighted by atomic mass is 9.82. The number of carbonyl (C=O) groups excluding carboxylic acids is 1. The maximum Gasteiger partial charge on any atom is 0.534 e. The Morgan fingerprint density at radius 2 is 1.67 bits per heavy atom. The van der Waals surface area contributed by atoms with Crippen molar-refractivity contribution in [3.63, 3.8) is 0 Å². The van der Waals surface area contributed by atoms with Gasteiger partial charge in [-0.2, -0.15) is 21.6 Å². The summed E-state index contributed by atoms with van der Waals surface area (Å²) in [6.45, 7) is 19.8. The Kier molecular flexibility index (Phi) is 14.0. The Labute approximate surface area is 309 Å². The van der Waals surface area contributed by atoms with Crippen LogP contribution in [0.4, 0.5) is 24.7 Å². The standard InChI is InChI=1S/C34H34ClF3N2O6S.C3H8.C2H6/c1-19-15-24(31-25(16-19)30(42)20(2)32(45-31)40-13-11-33(4,5)12-14-40)21(3)39-27-8-6-7-26(35)29(27)22-9-10-28(23(17-22)18-41)46-47(43,44)34(36,37)38;1-3-2;1-2/h6-10,15-18,21,39H,11-14H2,1-5H3;3H2,1-2H3;1-2H3. The largest absolute Gasteiger partial charge is 0.534 e. The number of hydrogen-bond acceptors (Lipinski definition) is 8. The van der Waals surface area contributed by atoms with E-state index in [0.717, 1.165) is 43.1 Å². The second-order valence-corrected chi connectivity index (χ2v) is 15.3. The molecule has 1 aliphatic heterocycles. The zero-order valence-electron chi connectivity index (χ0n) is 31.1. The van der Waals surface area contributed by atoms with Gasteiger partial charge in [0.15, 0.2) is 17.5 Å². The fourth-order valence-electron chi connectivity index (χ4n) is 5.78. The average molecular weight is 765 g/mol. The molecular weight excluding hydrogens is 717 g/mol. The van der Waals surface area contributed by atoms with Crippen molar-refractivity contribution in [2.75, 3.05) is 23.3 Å². The number of rotatable bonds is 8. The monoisotopic (exact) mass is 764 g/mol. The molecule has 1 unspecified atom stereocenters. The number of fused-ring (bicyclic) bond motifs is 1. The van der Waals surface area contributed by atoms with E-state index >= 15 is 0 Å². The van der Waals surface area contributed by atoms with Crippen LogP contribution in [0.1, 0.15) is 101 Å². The van der Waals surface area contributed by atoms with Gasteiger partial charge in [0.1, 0.15) is 5.58 Å². The third kappa shape index (κ3) is 9.49. The normalized spacial score (nSPS) is 14.8. The number of hydrogen-bond donors (Lipinski definition) is 1. The van der Waals surface area contributed by atoms with Crippen molar-refractivity contribution < 1.29 is 35.0 Å². The van der Waals surface area contributed by atoms with Gasteiger partial charge in [0.25, 0.3) is 0 Å². The zero-order chi connectivity index (χ0) is 39.2. The first-order valence-corrected chi connectivity index (χ1v) is 19.1. The third-order valence-electron chi connectivity index (χ3n) is 8.53. The van der Waals surface area contributed by atoms with Crippen molar-refractivity contribution in [3.05, 3.63) is 86.0 Å². The minimum absolute atomic E-state index is 0.108. The van der Waals surface area contributed by atoms with E-state index in [2.05, 4.69) is 42.1 Å². The minimum Gasteiger partial charge on any atom is -0.440 e. The first kappa shape index (κ1) is 42.4. The number of anilines is 2.